The van der Waals surface area contributed by atoms with Crippen molar-refractivity contribution in [2.45, 2.75) is 13.3 Å². The molecule has 1 N–H and O–H groups in total. The first kappa shape index (κ1) is 13.9. The van der Waals surface area contributed by atoms with Gasteiger partial charge in [-0.3, -0.25) is 0 Å². The van der Waals surface area contributed by atoms with Crippen LogP contribution >= 0.6 is 0 Å². The number of sulfone groups is 1. The molecule has 0 saturated heterocycles. The van der Waals surface area contributed by atoms with Crippen LogP contribution in [-0.2, 0) is 9.84 Å². The Morgan fingerprint density at radius 3 is 2.50 bits per heavy atom. The van der Waals surface area contributed by atoms with Crippen LogP contribution in [0.4, 0.5) is 0 Å². The van der Waals surface area contributed by atoms with Crippen LogP contribution in [0.2, 0.25) is 0 Å². The molecule has 5 heteroatoms. The van der Waals surface area contributed by atoms with Crippen molar-refractivity contribution in [1.82, 2.24) is 10.2 Å². The maximum absolute atomic E-state index is 10.9. The fourth-order valence-electron chi connectivity index (χ4n) is 1.80. The van der Waals surface area contributed by atoms with Gasteiger partial charge >= 0.3 is 0 Å². The van der Waals surface area contributed by atoms with E-state index < -0.39 is 9.84 Å². The summed E-state index contributed by atoms with van der Waals surface area (Å²) in [5.41, 5.74) is 0. The van der Waals surface area contributed by atoms with E-state index >= 15 is 0 Å². The molecule has 4 nitrogen and oxygen atoms in total. The third-order valence-electron chi connectivity index (χ3n) is 3.14. The molecule has 0 aromatic heterocycles. The Bertz CT molecular complexity index is 303. The summed E-state index contributed by atoms with van der Waals surface area (Å²) in [7, 11) is -0.689. The summed E-state index contributed by atoms with van der Waals surface area (Å²) >= 11 is 0. The molecule has 0 aromatic rings. The van der Waals surface area contributed by atoms with E-state index in [1.807, 2.05) is 0 Å². The van der Waals surface area contributed by atoms with Gasteiger partial charge in [-0.2, -0.15) is 0 Å². The van der Waals surface area contributed by atoms with E-state index in [9.17, 15) is 8.42 Å². The Balaban J connectivity index is 1.94. The molecule has 2 unspecified atom stereocenters. The second kappa shape index (κ2) is 5.98. The highest BCUT2D eigenvalue weighted by atomic mass is 32.2. The zero-order valence-corrected chi connectivity index (χ0v) is 11.4. The molecule has 0 radical (unpaired) electrons. The zero-order valence-electron chi connectivity index (χ0n) is 10.6. The lowest BCUT2D eigenvalue weighted by Gasteiger charge is -2.16. The fraction of sp³-hybridized carbons (Fsp3) is 1.00. The highest BCUT2D eigenvalue weighted by Gasteiger charge is 2.32. The van der Waals surface area contributed by atoms with Gasteiger partial charge in [0.05, 0.1) is 5.75 Å². The summed E-state index contributed by atoms with van der Waals surface area (Å²) in [4.78, 5) is 2.32. The molecule has 0 heterocycles. The first-order valence-corrected chi connectivity index (χ1v) is 8.01. The molecule has 0 bridgehead atoms. The molecule has 0 aromatic carbocycles. The van der Waals surface area contributed by atoms with Crippen LogP contribution in [0, 0.1) is 11.8 Å². The van der Waals surface area contributed by atoms with E-state index in [2.05, 4.69) is 24.2 Å². The van der Waals surface area contributed by atoms with Crippen LogP contribution in [0.15, 0.2) is 0 Å². The van der Waals surface area contributed by atoms with Crippen molar-refractivity contribution in [3.8, 4) is 0 Å². The summed E-state index contributed by atoms with van der Waals surface area (Å²) in [5.74, 6) is 2.03. The average molecular weight is 248 g/mol. The summed E-state index contributed by atoms with van der Waals surface area (Å²) in [6.07, 6.45) is 2.64. The van der Waals surface area contributed by atoms with Gasteiger partial charge in [-0.15, -0.1) is 0 Å². The standard InChI is InChI=1S/C11H24N2O2S/c1-10-8-11(10)9-13(2)6-4-12-5-7-16(3,14)15/h10-12H,4-9H2,1-3H3. The predicted molar refractivity (Wildman–Crippen MR) is 67.3 cm³/mol. The van der Waals surface area contributed by atoms with Crippen LogP contribution in [0.3, 0.4) is 0 Å². The van der Waals surface area contributed by atoms with Crippen LogP contribution in [-0.4, -0.2) is 58.6 Å². The molecule has 1 saturated carbocycles. The van der Waals surface area contributed by atoms with Gasteiger partial charge in [0.15, 0.2) is 0 Å². The van der Waals surface area contributed by atoms with Gasteiger partial charge in [-0.1, -0.05) is 6.92 Å². The van der Waals surface area contributed by atoms with Gasteiger partial charge in [-0.05, 0) is 25.3 Å². The molecule has 1 aliphatic carbocycles. The van der Waals surface area contributed by atoms with Crippen LogP contribution in [0.5, 0.6) is 0 Å². The molecular formula is C11H24N2O2S. The Morgan fingerprint density at radius 1 is 1.38 bits per heavy atom. The Morgan fingerprint density at radius 2 is 2.00 bits per heavy atom. The van der Waals surface area contributed by atoms with Crippen molar-refractivity contribution in [1.29, 1.82) is 0 Å². The van der Waals surface area contributed by atoms with Crippen molar-refractivity contribution >= 4 is 9.84 Å². The van der Waals surface area contributed by atoms with Crippen LogP contribution in [0.1, 0.15) is 13.3 Å². The van der Waals surface area contributed by atoms with Gasteiger partial charge in [0.25, 0.3) is 0 Å². The minimum absolute atomic E-state index is 0.233. The second-order valence-corrected chi connectivity index (χ2v) is 7.37. The SMILES string of the molecule is CC1CC1CN(C)CCNCCS(C)(=O)=O. The maximum atomic E-state index is 10.9. The zero-order chi connectivity index (χ0) is 12.2. The molecule has 96 valence electrons. The maximum Gasteiger partial charge on any atom is 0.148 e. The smallest absolute Gasteiger partial charge is 0.148 e. The normalized spacial score (nSPS) is 25.0. The molecular weight excluding hydrogens is 224 g/mol. The molecule has 1 rings (SSSR count). The van der Waals surface area contributed by atoms with Crippen LogP contribution in [0.25, 0.3) is 0 Å². The molecule has 1 fully saturated rings. The van der Waals surface area contributed by atoms with E-state index in [0.717, 1.165) is 24.9 Å². The van der Waals surface area contributed by atoms with E-state index in [4.69, 9.17) is 0 Å². The second-order valence-electron chi connectivity index (χ2n) is 5.12. The fourth-order valence-corrected chi connectivity index (χ4v) is 2.31. The van der Waals surface area contributed by atoms with E-state index in [1.165, 1.54) is 19.2 Å². The Hall–Kier alpha value is -0.130. The van der Waals surface area contributed by atoms with Gasteiger partial charge in [-0.25, -0.2) is 8.42 Å². The van der Waals surface area contributed by atoms with Gasteiger partial charge in [0, 0.05) is 32.4 Å². The number of nitrogens with zero attached hydrogens (tertiary/aromatic N) is 1. The Kier molecular flexibility index (Phi) is 5.21. The van der Waals surface area contributed by atoms with Crippen molar-refractivity contribution in [3.05, 3.63) is 0 Å². The third-order valence-corrected chi connectivity index (χ3v) is 4.09. The molecule has 0 amide bonds. The third kappa shape index (κ3) is 6.45. The molecule has 0 aliphatic heterocycles. The number of nitrogens with one attached hydrogen (secondary N) is 1. The molecule has 0 spiro atoms. The largest absolute Gasteiger partial charge is 0.314 e. The van der Waals surface area contributed by atoms with Crippen molar-refractivity contribution in [3.63, 3.8) is 0 Å². The molecule has 16 heavy (non-hydrogen) atoms. The Labute approximate surface area is 99.3 Å². The van der Waals surface area contributed by atoms with Gasteiger partial charge in [0.1, 0.15) is 9.84 Å². The summed E-state index contributed by atoms with van der Waals surface area (Å²) in [6, 6.07) is 0. The first-order valence-electron chi connectivity index (χ1n) is 5.95. The van der Waals surface area contributed by atoms with Crippen LogP contribution < -0.4 is 5.32 Å². The number of likely N-dealkylation sites (N-methyl/N-ethyl adjacent to an activating group) is 1. The van der Waals surface area contributed by atoms with Gasteiger partial charge in [0.2, 0.25) is 0 Å². The average Bonchev–Trinajstić information content (AvgIpc) is 2.79. The van der Waals surface area contributed by atoms with Gasteiger partial charge < -0.3 is 10.2 Å². The number of rotatable bonds is 8. The minimum Gasteiger partial charge on any atom is -0.314 e. The molecule has 2 atom stereocenters. The van der Waals surface area contributed by atoms with E-state index in [-0.39, 0.29) is 5.75 Å². The quantitative estimate of drug-likeness (QED) is 0.624. The summed E-state index contributed by atoms with van der Waals surface area (Å²) in [6.45, 7) is 5.89. The van der Waals surface area contributed by atoms with Crippen molar-refractivity contribution in [2.24, 2.45) is 11.8 Å². The van der Waals surface area contributed by atoms with Crippen molar-refractivity contribution in [2.75, 3.05) is 45.2 Å². The predicted octanol–water partition coefficient (Wildman–Crippen LogP) is 0.208. The summed E-state index contributed by atoms with van der Waals surface area (Å²) < 4.78 is 21.7. The lowest BCUT2D eigenvalue weighted by atomic mass is 10.3. The topological polar surface area (TPSA) is 49.4 Å². The number of hydrogen-bond acceptors (Lipinski definition) is 4. The first-order chi connectivity index (χ1) is 7.38. The highest BCUT2D eigenvalue weighted by Crippen LogP contribution is 2.37. The monoisotopic (exact) mass is 248 g/mol. The van der Waals surface area contributed by atoms with E-state index in [1.54, 1.807) is 0 Å². The lowest BCUT2D eigenvalue weighted by molar-refractivity contribution is 0.314. The molecule has 1 aliphatic rings. The van der Waals surface area contributed by atoms with Crippen molar-refractivity contribution < 1.29 is 8.42 Å². The van der Waals surface area contributed by atoms with E-state index in [0.29, 0.717) is 6.54 Å². The minimum atomic E-state index is -2.82. The lowest BCUT2D eigenvalue weighted by Crippen LogP contribution is -2.32. The number of hydrogen-bond donors (Lipinski definition) is 1. The highest BCUT2D eigenvalue weighted by molar-refractivity contribution is 7.90. The summed E-state index contributed by atoms with van der Waals surface area (Å²) in [5, 5.41) is 3.16.